The molecule has 1 heterocycles. The van der Waals surface area contributed by atoms with Gasteiger partial charge in [-0.05, 0) is 66.8 Å². The van der Waals surface area contributed by atoms with Crippen LogP contribution in [0, 0.1) is 6.92 Å². The van der Waals surface area contributed by atoms with E-state index < -0.39 is 54.6 Å². The first kappa shape index (κ1) is 29.6. The van der Waals surface area contributed by atoms with E-state index >= 15 is 0 Å². The summed E-state index contributed by atoms with van der Waals surface area (Å²) in [7, 11) is 0. The van der Waals surface area contributed by atoms with Crippen LogP contribution < -0.4 is 0 Å². The molecule has 1 amide bonds. The van der Waals surface area contributed by atoms with Crippen molar-refractivity contribution in [3.05, 3.63) is 65.2 Å². The Morgan fingerprint density at radius 1 is 0.854 bits per heavy atom. The van der Waals surface area contributed by atoms with Gasteiger partial charge >= 0.3 is 11.9 Å². The summed E-state index contributed by atoms with van der Waals surface area (Å²) in [5, 5.41) is 51.2. The van der Waals surface area contributed by atoms with Crippen molar-refractivity contribution < 1.29 is 49.4 Å². The van der Waals surface area contributed by atoms with Crippen molar-refractivity contribution in [2.75, 3.05) is 13.1 Å². The van der Waals surface area contributed by atoms with Crippen LogP contribution in [0.4, 0.5) is 0 Å². The first-order valence-electron chi connectivity index (χ1n) is 13.2. The van der Waals surface area contributed by atoms with Gasteiger partial charge in [0.05, 0.1) is 6.10 Å². The third-order valence-electron chi connectivity index (χ3n) is 7.20. The number of esters is 2. The molecule has 4 atom stereocenters. The Morgan fingerprint density at radius 3 is 2.05 bits per heavy atom. The third-order valence-corrected chi connectivity index (χ3v) is 7.20. The molecule has 11 heteroatoms. The minimum absolute atomic E-state index is 0.0453. The van der Waals surface area contributed by atoms with E-state index in [1.807, 2.05) is 0 Å². The number of aliphatic hydroxyl groups is 2. The average Bonchev–Trinajstić information content (AvgIpc) is 3.46. The molecule has 5 N–H and O–H groups in total. The molecule has 2 fully saturated rings. The number of amides is 1. The molecule has 2 aromatic carbocycles. The van der Waals surface area contributed by atoms with Gasteiger partial charge in [0.25, 0.3) is 5.91 Å². The molecule has 4 rings (SSSR count). The Hall–Kier alpha value is -4.35. The number of carbonyl (C=O) groups is 3. The second-order valence-electron chi connectivity index (χ2n) is 10.3. The molecule has 41 heavy (non-hydrogen) atoms. The molecule has 1 aliphatic heterocycles. The number of rotatable bonds is 7. The van der Waals surface area contributed by atoms with E-state index in [9.17, 15) is 39.9 Å². The van der Waals surface area contributed by atoms with Gasteiger partial charge in [-0.3, -0.25) is 4.79 Å². The average molecular weight is 568 g/mol. The Morgan fingerprint density at radius 2 is 1.44 bits per heavy atom. The minimum atomic E-state index is -2.04. The summed E-state index contributed by atoms with van der Waals surface area (Å²) in [5.74, 6) is -3.04. The summed E-state index contributed by atoms with van der Waals surface area (Å²) >= 11 is 0. The summed E-state index contributed by atoms with van der Waals surface area (Å²) in [4.78, 5) is 40.0. The summed E-state index contributed by atoms with van der Waals surface area (Å²) < 4.78 is 10.9. The number of aliphatic hydroxyl groups excluding tert-OH is 1. The predicted octanol–water partition coefficient (Wildman–Crippen LogP) is 2.17. The molecule has 0 spiro atoms. The number of hydrogen-bond acceptors (Lipinski definition) is 10. The summed E-state index contributed by atoms with van der Waals surface area (Å²) in [5.41, 5.74) is -0.488. The Bertz CT molecular complexity index is 1360. The molecule has 0 unspecified atom stereocenters. The topological polar surface area (TPSA) is 174 Å². The molecule has 1 saturated carbocycles. The number of phenols is 3. The van der Waals surface area contributed by atoms with Crippen molar-refractivity contribution in [2.45, 2.75) is 56.5 Å². The number of likely N-dealkylation sites (tertiary alicyclic amines) is 1. The fourth-order valence-electron chi connectivity index (χ4n) is 4.96. The lowest BCUT2D eigenvalue weighted by molar-refractivity contribution is -0.201. The van der Waals surface area contributed by atoms with Gasteiger partial charge in [0.2, 0.25) is 0 Å². The fraction of sp³-hybridized carbons (Fsp3) is 0.367. The lowest BCUT2D eigenvalue weighted by atomic mass is 9.78. The number of aromatic hydroxyl groups is 3. The highest BCUT2D eigenvalue weighted by atomic mass is 16.6. The lowest BCUT2D eigenvalue weighted by Gasteiger charge is -2.43. The van der Waals surface area contributed by atoms with E-state index in [-0.39, 0.29) is 17.2 Å². The molecule has 0 bridgehead atoms. The van der Waals surface area contributed by atoms with Gasteiger partial charge in [-0.25, -0.2) is 9.59 Å². The maximum absolute atomic E-state index is 13.1. The van der Waals surface area contributed by atoms with Crippen LogP contribution >= 0.6 is 0 Å². The Kier molecular flexibility index (Phi) is 8.99. The zero-order valence-corrected chi connectivity index (χ0v) is 22.5. The monoisotopic (exact) mass is 567 g/mol. The minimum Gasteiger partial charge on any atom is -0.508 e. The molecule has 2 aliphatic rings. The normalized spacial score (nSPS) is 24.6. The van der Waals surface area contributed by atoms with Crippen LogP contribution in [0.3, 0.4) is 0 Å². The van der Waals surface area contributed by atoms with E-state index in [1.165, 1.54) is 41.3 Å². The van der Waals surface area contributed by atoms with E-state index in [0.717, 1.165) is 25.0 Å². The number of nitrogens with zero attached hydrogens (tertiary/aromatic N) is 1. The number of hydrogen-bond donors (Lipinski definition) is 5. The quantitative estimate of drug-likeness (QED) is 0.189. The molecule has 0 radical (unpaired) electrons. The first-order chi connectivity index (χ1) is 19.4. The highest BCUT2D eigenvalue weighted by Crippen LogP contribution is 2.35. The van der Waals surface area contributed by atoms with Crippen molar-refractivity contribution in [2.24, 2.45) is 0 Å². The fourth-order valence-corrected chi connectivity index (χ4v) is 4.96. The van der Waals surface area contributed by atoms with Crippen LogP contribution in [-0.2, 0) is 23.9 Å². The summed E-state index contributed by atoms with van der Waals surface area (Å²) in [6, 6.07) is 8.73. The zero-order chi connectivity index (χ0) is 29.7. The van der Waals surface area contributed by atoms with E-state index in [0.29, 0.717) is 29.8 Å². The molecule has 0 aromatic heterocycles. The van der Waals surface area contributed by atoms with Crippen molar-refractivity contribution in [1.29, 1.82) is 0 Å². The standard InChI is InChI=1S/C30H33NO10/c1-18-4-5-19(14-22(18)33)7-10-26(36)40-25-17-30(39,29(38)31-12-2-3-13-31)16-24(35)28(25)41-27(37)11-8-20-6-9-21(32)23(34)15-20/h4-11,14-15,24-25,28,32-35,39H,2-3,12-13,16-17H2,1H3/b10-7+,11-8+/t24-,25-,28-,30+/m1/s1. The van der Waals surface area contributed by atoms with Gasteiger partial charge in [0.1, 0.15) is 17.5 Å². The second kappa shape index (κ2) is 12.4. The van der Waals surface area contributed by atoms with Crippen molar-refractivity contribution >= 4 is 30.0 Å². The number of carbonyl (C=O) groups excluding carboxylic acids is 3. The van der Waals surface area contributed by atoms with Gasteiger partial charge in [-0.1, -0.05) is 18.2 Å². The van der Waals surface area contributed by atoms with Gasteiger partial charge in [-0.15, -0.1) is 0 Å². The number of aryl methyl sites for hydroxylation is 1. The van der Waals surface area contributed by atoms with Gasteiger partial charge in [-0.2, -0.15) is 0 Å². The number of benzene rings is 2. The SMILES string of the molecule is Cc1ccc(/C=C/C(=O)O[C@@H]2C[C@](O)(C(=O)N3CCCC3)C[C@@H](O)[C@H]2OC(=O)/C=C/c2ccc(O)c(O)c2)cc1O. The van der Waals surface area contributed by atoms with Gasteiger partial charge in [0, 0.05) is 38.1 Å². The van der Waals surface area contributed by atoms with Crippen LogP contribution in [0.25, 0.3) is 12.2 Å². The maximum Gasteiger partial charge on any atom is 0.331 e. The smallest absolute Gasteiger partial charge is 0.331 e. The summed E-state index contributed by atoms with van der Waals surface area (Å²) in [6.45, 7) is 2.65. The van der Waals surface area contributed by atoms with Crippen LogP contribution in [-0.4, -0.2) is 85.3 Å². The van der Waals surface area contributed by atoms with Gasteiger partial charge < -0.3 is 39.9 Å². The van der Waals surface area contributed by atoms with Crippen LogP contribution in [0.2, 0.25) is 0 Å². The van der Waals surface area contributed by atoms with Crippen LogP contribution in [0.1, 0.15) is 42.4 Å². The molecule has 2 aromatic rings. The Labute approximate surface area is 236 Å². The molecular weight excluding hydrogens is 534 g/mol. The maximum atomic E-state index is 13.1. The van der Waals surface area contributed by atoms with Crippen LogP contribution in [0.5, 0.6) is 17.2 Å². The molecule has 1 saturated heterocycles. The second-order valence-corrected chi connectivity index (χ2v) is 10.3. The van der Waals surface area contributed by atoms with Crippen molar-refractivity contribution in [3.63, 3.8) is 0 Å². The molecule has 11 nitrogen and oxygen atoms in total. The van der Waals surface area contributed by atoms with Gasteiger partial charge in [0.15, 0.2) is 17.6 Å². The largest absolute Gasteiger partial charge is 0.508 e. The molecule has 1 aliphatic carbocycles. The van der Waals surface area contributed by atoms with Crippen molar-refractivity contribution in [1.82, 2.24) is 4.90 Å². The van der Waals surface area contributed by atoms with Crippen LogP contribution in [0.15, 0.2) is 48.6 Å². The lowest BCUT2D eigenvalue weighted by Crippen LogP contribution is -2.60. The summed E-state index contributed by atoms with van der Waals surface area (Å²) in [6.07, 6.45) is 1.26. The predicted molar refractivity (Wildman–Crippen MR) is 146 cm³/mol. The molecule has 218 valence electrons. The van der Waals surface area contributed by atoms with E-state index in [4.69, 9.17) is 9.47 Å². The zero-order valence-electron chi connectivity index (χ0n) is 22.5. The van der Waals surface area contributed by atoms with E-state index in [1.54, 1.807) is 19.1 Å². The van der Waals surface area contributed by atoms with E-state index in [2.05, 4.69) is 0 Å². The number of phenolic OH excluding ortho intramolecular Hbond substituents is 3. The Balaban J connectivity index is 1.52. The van der Waals surface area contributed by atoms with Crippen molar-refractivity contribution in [3.8, 4) is 17.2 Å². The third kappa shape index (κ3) is 7.24. The first-order valence-corrected chi connectivity index (χ1v) is 13.2. The number of ether oxygens (including phenoxy) is 2. The highest BCUT2D eigenvalue weighted by Gasteiger charge is 2.53. The molecular formula is C30H33NO10. The highest BCUT2D eigenvalue weighted by molar-refractivity contribution is 5.89.